The lowest BCUT2D eigenvalue weighted by Crippen LogP contribution is -2.10. The molecule has 0 spiro atoms. The van der Waals surface area contributed by atoms with Gasteiger partial charge in [0, 0.05) is 0 Å². The number of carbonyl (C=O) groups is 1. The van der Waals surface area contributed by atoms with Crippen LogP contribution in [0.5, 0.6) is 0 Å². The van der Waals surface area contributed by atoms with Gasteiger partial charge in [0.1, 0.15) is 5.82 Å². The van der Waals surface area contributed by atoms with Crippen LogP contribution in [0.25, 0.3) is 0 Å². The normalized spacial score (nSPS) is 10.6. The standard InChI is InChI=1S/C13H13ClFN3O2/c1-3-11-12(13(19)20-2)16-17-18(11)7-8-4-5-9(14)10(15)6-8/h4-6H,3,7H2,1-2H3. The average molecular weight is 298 g/mol. The Morgan fingerprint density at radius 2 is 2.25 bits per heavy atom. The first-order valence-corrected chi connectivity index (χ1v) is 6.39. The van der Waals surface area contributed by atoms with Gasteiger partial charge in [0.2, 0.25) is 0 Å². The van der Waals surface area contributed by atoms with Crippen molar-refractivity contribution in [3.63, 3.8) is 0 Å². The van der Waals surface area contributed by atoms with Crippen molar-refractivity contribution in [3.8, 4) is 0 Å². The van der Waals surface area contributed by atoms with Gasteiger partial charge in [-0.05, 0) is 24.1 Å². The van der Waals surface area contributed by atoms with Gasteiger partial charge in [-0.15, -0.1) is 5.10 Å². The van der Waals surface area contributed by atoms with Crippen LogP contribution in [0.2, 0.25) is 5.02 Å². The first kappa shape index (κ1) is 14.5. The van der Waals surface area contributed by atoms with Crippen LogP contribution < -0.4 is 0 Å². The first-order valence-electron chi connectivity index (χ1n) is 6.01. The van der Waals surface area contributed by atoms with E-state index in [9.17, 15) is 9.18 Å². The van der Waals surface area contributed by atoms with Crippen LogP contribution in [0.1, 0.15) is 28.7 Å². The lowest BCUT2D eigenvalue weighted by atomic mass is 10.2. The smallest absolute Gasteiger partial charge is 0.360 e. The number of ether oxygens (including phenoxy) is 1. The summed E-state index contributed by atoms with van der Waals surface area (Å²) in [7, 11) is 1.29. The highest BCUT2D eigenvalue weighted by atomic mass is 35.5. The lowest BCUT2D eigenvalue weighted by molar-refractivity contribution is 0.0592. The van der Waals surface area contributed by atoms with Crippen LogP contribution in [0.3, 0.4) is 0 Å². The van der Waals surface area contributed by atoms with Gasteiger partial charge in [0.15, 0.2) is 5.69 Å². The van der Waals surface area contributed by atoms with Crippen LogP contribution in [0.15, 0.2) is 18.2 Å². The minimum absolute atomic E-state index is 0.0679. The zero-order chi connectivity index (χ0) is 14.7. The van der Waals surface area contributed by atoms with Crippen LogP contribution in [0, 0.1) is 5.82 Å². The van der Waals surface area contributed by atoms with E-state index >= 15 is 0 Å². The van der Waals surface area contributed by atoms with Gasteiger partial charge in [0.25, 0.3) is 0 Å². The van der Waals surface area contributed by atoms with Crippen molar-refractivity contribution in [2.45, 2.75) is 19.9 Å². The molecule has 0 radical (unpaired) electrons. The monoisotopic (exact) mass is 297 g/mol. The summed E-state index contributed by atoms with van der Waals surface area (Å²) in [6.45, 7) is 2.19. The number of rotatable bonds is 4. The van der Waals surface area contributed by atoms with Gasteiger partial charge in [-0.1, -0.05) is 29.8 Å². The molecule has 5 nitrogen and oxygen atoms in total. The molecule has 0 N–H and O–H groups in total. The maximum atomic E-state index is 13.4. The number of halogens is 2. The second-order valence-corrected chi connectivity index (χ2v) is 4.54. The maximum Gasteiger partial charge on any atom is 0.360 e. The summed E-state index contributed by atoms with van der Waals surface area (Å²) in [4.78, 5) is 11.5. The maximum absolute atomic E-state index is 13.4. The molecule has 1 heterocycles. The van der Waals surface area contributed by atoms with Gasteiger partial charge < -0.3 is 4.74 Å². The van der Waals surface area contributed by atoms with E-state index in [1.54, 1.807) is 10.7 Å². The molecular formula is C13H13ClFN3O2. The van der Waals surface area contributed by atoms with Crippen molar-refractivity contribution < 1.29 is 13.9 Å². The third-order valence-electron chi connectivity index (χ3n) is 2.87. The molecule has 2 aromatic rings. The zero-order valence-electron chi connectivity index (χ0n) is 11.1. The Morgan fingerprint density at radius 3 is 2.85 bits per heavy atom. The van der Waals surface area contributed by atoms with E-state index in [1.807, 2.05) is 6.92 Å². The predicted molar refractivity (Wildman–Crippen MR) is 71.3 cm³/mol. The molecule has 0 fully saturated rings. The molecule has 0 bridgehead atoms. The molecule has 0 unspecified atom stereocenters. The number of carbonyl (C=O) groups excluding carboxylic acids is 1. The van der Waals surface area contributed by atoms with Crippen LogP contribution in [-0.2, 0) is 17.7 Å². The van der Waals surface area contributed by atoms with Gasteiger partial charge in [-0.2, -0.15) is 0 Å². The highest BCUT2D eigenvalue weighted by Crippen LogP contribution is 2.17. The molecular weight excluding hydrogens is 285 g/mol. The predicted octanol–water partition coefficient (Wildman–Crippen LogP) is 2.47. The number of methoxy groups -OCH3 is 1. The van der Waals surface area contributed by atoms with E-state index in [-0.39, 0.29) is 10.7 Å². The van der Waals surface area contributed by atoms with E-state index < -0.39 is 11.8 Å². The summed E-state index contributed by atoms with van der Waals surface area (Å²) in [5.74, 6) is -1.02. The second kappa shape index (κ2) is 6.00. The molecule has 0 amide bonds. The van der Waals surface area contributed by atoms with Crippen molar-refractivity contribution in [1.82, 2.24) is 15.0 Å². The largest absolute Gasteiger partial charge is 0.464 e. The van der Waals surface area contributed by atoms with Gasteiger partial charge in [-0.3, -0.25) is 0 Å². The van der Waals surface area contributed by atoms with E-state index in [0.717, 1.165) is 0 Å². The molecule has 20 heavy (non-hydrogen) atoms. The van der Waals surface area contributed by atoms with Crippen molar-refractivity contribution >= 4 is 17.6 Å². The number of benzene rings is 1. The Balaban J connectivity index is 2.31. The number of aromatic nitrogens is 3. The fourth-order valence-corrected chi connectivity index (χ4v) is 1.99. The van der Waals surface area contributed by atoms with Crippen LogP contribution >= 0.6 is 11.6 Å². The van der Waals surface area contributed by atoms with Crippen molar-refractivity contribution in [1.29, 1.82) is 0 Å². The van der Waals surface area contributed by atoms with E-state index in [2.05, 4.69) is 15.0 Å². The topological polar surface area (TPSA) is 57.0 Å². The Hall–Kier alpha value is -1.95. The molecule has 0 aliphatic carbocycles. The number of esters is 1. The van der Waals surface area contributed by atoms with Crippen molar-refractivity contribution in [3.05, 3.63) is 46.0 Å². The van der Waals surface area contributed by atoms with Gasteiger partial charge in [0.05, 0.1) is 24.4 Å². The summed E-state index contributed by atoms with van der Waals surface area (Å²) < 4.78 is 19.6. The molecule has 0 atom stereocenters. The van der Waals surface area contributed by atoms with E-state index in [1.165, 1.54) is 19.2 Å². The summed E-state index contributed by atoms with van der Waals surface area (Å²) in [5, 5.41) is 7.79. The third kappa shape index (κ3) is 2.80. The Morgan fingerprint density at radius 1 is 1.50 bits per heavy atom. The Labute approximate surface area is 120 Å². The molecule has 7 heteroatoms. The molecule has 2 rings (SSSR count). The fraction of sp³-hybridized carbons (Fsp3) is 0.308. The Bertz CT molecular complexity index is 643. The number of nitrogens with zero attached hydrogens (tertiary/aromatic N) is 3. The van der Waals surface area contributed by atoms with E-state index in [4.69, 9.17) is 11.6 Å². The molecule has 1 aromatic carbocycles. The molecule has 106 valence electrons. The van der Waals surface area contributed by atoms with Crippen molar-refractivity contribution in [2.24, 2.45) is 0 Å². The summed E-state index contributed by atoms with van der Waals surface area (Å²) in [6, 6.07) is 4.52. The first-order chi connectivity index (χ1) is 9.56. The van der Waals surface area contributed by atoms with Gasteiger partial charge in [-0.25, -0.2) is 13.9 Å². The fourth-order valence-electron chi connectivity index (χ4n) is 1.88. The summed E-state index contributed by atoms with van der Waals surface area (Å²) in [6.07, 6.45) is 0.563. The highest BCUT2D eigenvalue weighted by Gasteiger charge is 2.19. The Kier molecular flexibility index (Phi) is 4.34. The summed E-state index contributed by atoms with van der Waals surface area (Å²) in [5.41, 5.74) is 1.51. The average Bonchev–Trinajstić information content (AvgIpc) is 2.84. The molecule has 0 saturated heterocycles. The summed E-state index contributed by atoms with van der Waals surface area (Å²) >= 11 is 5.64. The lowest BCUT2D eigenvalue weighted by Gasteiger charge is -2.06. The molecule has 0 saturated carbocycles. The highest BCUT2D eigenvalue weighted by molar-refractivity contribution is 6.30. The minimum Gasteiger partial charge on any atom is -0.464 e. The SMILES string of the molecule is CCc1c(C(=O)OC)nnn1Cc1ccc(Cl)c(F)c1. The quantitative estimate of drug-likeness (QED) is 0.814. The van der Waals surface area contributed by atoms with Gasteiger partial charge >= 0.3 is 5.97 Å². The van der Waals surface area contributed by atoms with Crippen molar-refractivity contribution in [2.75, 3.05) is 7.11 Å². The minimum atomic E-state index is -0.532. The molecule has 0 aliphatic rings. The molecule has 0 aliphatic heterocycles. The van der Waals surface area contributed by atoms with Crippen LogP contribution in [0.4, 0.5) is 4.39 Å². The van der Waals surface area contributed by atoms with E-state index in [0.29, 0.717) is 24.2 Å². The van der Waals surface area contributed by atoms with Crippen LogP contribution in [-0.4, -0.2) is 28.1 Å². The second-order valence-electron chi connectivity index (χ2n) is 4.14. The number of hydrogen-bond acceptors (Lipinski definition) is 4. The number of hydrogen-bond donors (Lipinski definition) is 0. The zero-order valence-corrected chi connectivity index (χ0v) is 11.8. The molecule has 1 aromatic heterocycles. The third-order valence-corrected chi connectivity index (χ3v) is 3.17.